The maximum atomic E-state index is 12.3. The van der Waals surface area contributed by atoms with E-state index in [4.69, 9.17) is 23.8 Å². The second kappa shape index (κ2) is 8.31. The van der Waals surface area contributed by atoms with E-state index in [0.29, 0.717) is 10.7 Å². The molecule has 3 aromatic rings. The second-order valence-corrected chi connectivity index (χ2v) is 7.07. The molecule has 1 heterocycles. The number of hydrogen-bond donors (Lipinski definition) is 2. The zero-order valence-electron chi connectivity index (χ0n) is 15.3. The number of aromatic nitrogens is 2. The highest BCUT2D eigenvalue weighted by Gasteiger charge is 2.11. The highest BCUT2D eigenvalue weighted by atomic mass is 35.5. The van der Waals surface area contributed by atoms with E-state index in [1.54, 1.807) is 30.3 Å². The lowest BCUT2D eigenvalue weighted by Gasteiger charge is -2.11. The van der Waals surface area contributed by atoms with Gasteiger partial charge < -0.3 is 10.0 Å². The molecule has 5 nitrogen and oxygen atoms in total. The summed E-state index contributed by atoms with van der Waals surface area (Å²) in [5, 5.41) is 11.2. The molecule has 0 unspecified atom stereocenters. The third-order valence-corrected chi connectivity index (χ3v) is 4.63. The lowest BCUT2D eigenvalue weighted by Crippen LogP contribution is -2.15. The van der Waals surface area contributed by atoms with Gasteiger partial charge in [-0.2, -0.15) is 0 Å². The standard InChI is InChI=1S/C21H18ClN3O2S/c1-24(2)16-10-6-14(7-11-16)4-3-5-18-19(26)23-21(28)25(20(18)27)17-12-8-15(22)9-13-17/h4-13,27H,1-2H3,(H,23,26,28). The van der Waals surface area contributed by atoms with Crippen molar-refractivity contribution in [3.63, 3.8) is 0 Å². The van der Waals surface area contributed by atoms with Crippen LogP contribution in [0.5, 0.6) is 5.88 Å². The minimum Gasteiger partial charge on any atom is -0.494 e. The highest BCUT2D eigenvalue weighted by Crippen LogP contribution is 2.22. The van der Waals surface area contributed by atoms with E-state index in [1.807, 2.05) is 43.3 Å². The van der Waals surface area contributed by atoms with Crippen molar-refractivity contribution in [3.05, 3.63) is 85.5 Å². The molecule has 2 aromatic carbocycles. The molecule has 0 spiro atoms. The van der Waals surface area contributed by atoms with Gasteiger partial charge >= 0.3 is 0 Å². The third-order valence-electron chi connectivity index (χ3n) is 4.09. The summed E-state index contributed by atoms with van der Waals surface area (Å²) in [5.41, 5.74) is 5.10. The van der Waals surface area contributed by atoms with E-state index in [-0.39, 0.29) is 16.2 Å². The summed E-state index contributed by atoms with van der Waals surface area (Å²) in [7, 11) is 3.94. The molecule has 1 aromatic heterocycles. The largest absolute Gasteiger partial charge is 0.494 e. The van der Waals surface area contributed by atoms with Gasteiger partial charge in [-0.25, -0.2) is 0 Å². The Morgan fingerprint density at radius 1 is 1.11 bits per heavy atom. The Morgan fingerprint density at radius 2 is 1.75 bits per heavy atom. The van der Waals surface area contributed by atoms with Gasteiger partial charge in [0.1, 0.15) is 5.56 Å². The summed E-state index contributed by atoms with van der Waals surface area (Å²) in [6.45, 7) is 0. The lowest BCUT2D eigenvalue weighted by atomic mass is 10.2. The molecule has 7 heteroatoms. The van der Waals surface area contributed by atoms with E-state index in [0.717, 1.165) is 11.3 Å². The Hall–Kier alpha value is -3.05. The molecule has 0 fully saturated rings. The smallest absolute Gasteiger partial charge is 0.263 e. The van der Waals surface area contributed by atoms with E-state index in [2.05, 4.69) is 10.7 Å². The van der Waals surface area contributed by atoms with Crippen LogP contribution >= 0.6 is 23.8 Å². The van der Waals surface area contributed by atoms with Crippen LogP contribution in [0.2, 0.25) is 5.02 Å². The van der Waals surface area contributed by atoms with Gasteiger partial charge in [-0.15, -0.1) is 5.73 Å². The Morgan fingerprint density at radius 3 is 2.36 bits per heavy atom. The first-order valence-electron chi connectivity index (χ1n) is 8.41. The number of halogens is 1. The number of anilines is 1. The fraction of sp³-hybridized carbons (Fsp3) is 0.0952. The van der Waals surface area contributed by atoms with Crippen LogP contribution in [0.1, 0.15) is 11.1 Å². The number of aromatic amines is 1. The summed E-state index contributed by atoms with van der Waals surface area (Å²) in [4.78, 5) is 16.8. The van der Waals surface area contributed by atoms with Crippen LogP contribution < -0.4 is 10.5 Å². The van der Waals surface area contributed by atoms with E-state index >= 15 is 0 Å². The Bertz CT molecular complexity index is 1170. The predicted molar refractivity (Wildman–Crippen MR) is 117 cm³/mol. The molecule has 142 valence electrons. The fourth-order valence-electron chi connectivity index (χ4n) is 2.59. The average molecular weight is 412 g/mol. The number of rotatable bonds is 4. The molecule has 3 rings (SSSR count). The predicted octanol–water partition coefficient (Wildman–Crippen LogP) is 4.65. The van der Waals surface area contributed by atoms with Gasteiger partial charge in [0, 0.05) is 24.8 Å². The zero-order chi connectivity index (χ0) is 20.3. The van der Waals surface area contributed by atoms with Crippen molar-refractivity contribution in [2.75, 3.05) is 19.0 Å². The molecule has 0 saturated carbocycles. The normalized spacial score (nSPS) is 10.2. The van der Waals surface area contributed by atoms with Crippen molar-refractivity contribution >= 4 is 41.7 Å². The van der Waals surface area contributed by atoms with Crippen molar-refractivity contribution in [2.24, 2.45) is 0 Å². The minimum atomic E-state index is -0.489. The first-order valence-corrected chi connectivity index (χ1v) is 9.19. The lowest BCUT2D eigenvalue weighted by molar-refractivity contribution is 0.432. The number of H-pyrrole nitrogens is 1. The van der Waals surface area contributed by atoms with Crippen molar-refractivity contribution < 1.29 is 5.11 Å². The first-order chi connectivity index (χ1) is 13.4. The molecule has 2 N–H and O–H groups in total. The molecule has 0 atom stereocenters. The van der Waals surface area contributed by atoms with Crippen LogP contribution in [0.15, 0.2) is 59.1 Å². The summed E-state index contributed by atoms with van der Waals surface area (Å²) >= 11 is 11.1. The van der Waals surface area contributed by atoms with Crippen LogP contribution in [0.3, 0.4) is 0 Å². The highest BCUT2D eigenvalue weighted by molar-refractivity contribution is 7.71. The molecule has 0 saturated heterocycles. The van der Waals surface area contributed by atoms with Gasteiger partial charge in [-0.3, -0.25) is 14.3 Å². The van der Waals surface area contributed by atoms with Crippen molar-refractivity contribution in [3.8, 4) is 11.6 Å². The SMILES string of the molecule is CN(C)c1ccc(C=C=Cc2c(O)n(-c3ccc(Cl)cc3)c(=S)[nH]c2=O)cc1. The van der Waals surface area contributed by atoms with E-state index in [9.17, 15) is 9.90 Å². The number of aromatic hydroxyl groups is 1. The molecule has 0 radical (unpaired) electrons. The molecule has 0 aliphatic heterocycles. The van der Waals surface area contributed by atoms with Gasteiger partial charge in [0.15, 0.2) is 4.77 Å². The Labute approximate surface area is 172 Å². The molecule has 0 amide bonds. The minimum absolute atomic E-state index is 0.0599. The third kappa shape index (κ3) is 4.26. The van der Waals surface area contributed by atoms with E-state index in [1.165, 1.54) is 10.6 Å². The molecule has 0 aliphatic rings. The number of benzene rings is 2. The van der Waals surface area contributed by atoms with Crippen LogP contribution in [0, 0.1) is 4.77 Å². The first kappa shape index (κ1) is 19.7. The molecular formula is C21H18ClN3O2S. The maximum absolute atomic E-state index is 12.3. The molecule has 0 bridgehead atoms. The van der Waals surface area contributed by atoms with Gasteiger partial charge in [0.2, 0.25) is 5.88 Å². The van der Waals surface area contributed by atoms with Crippen LogP contribution in [0.4, 0.5) is 5.69 Å². The van der Waals surface area contributed by atoms with Crippen molar-refractivity contribution in [1.82, 2.24) is 9.55 Å². The van der Waals surface area contributed by atoms with Gasteiger partial charge in [-0.05, 0) is 66.3 Å². The molecule has 28 heavy (non-hydrogen) atoms. The quantitative estimate of drug-likeness (QED) is 0.484. The average Bonchev–Trinajstić information content (AvgIpc) is 2.66. The summed E-state index contributed by atoms with van der Waals surface area (Å²) in [6.07, 6.45) is 3.15. The van der Waals surface area contributed by atoms with Crippen molar-refractivity contribution in [1.29, 1.82) is 0 Å². The number of nitrogens with one attached hydrogen (secondary N) is 1. The monoisotopic (exact) mass is 411 g/mol. The number of hydrogen-bond acceptors (Lipinski definition) is 4. The maximum Gasteiger partial charge on any atom is 0.263 e. The zero-order valence-corrected chi connectivity index (χ0v) is 16.9. The van der Waals surface area contributed by atoms with Gasteiger partial charge in [-0.1, -0.05) is 23.7 Å². The summed E-state index contributed by atoms with van der Waals surface area (Å²) < 4.78 is 1.46. The van der Waals surface area contributed by atoms with Crippen LogP contribution in [0.25, 0.3) is 17.8 Å². The topological polar surface area (TPSA) is 61.3 Å². The van der Waals surface area contributed by atoms with Crippen molar-refractivity contribution in [2.45, 2.75) is 0 Å². The molecular weight excluding hydrogens is 394 g/mol. The molecule has 0 aliphatic carbocycles. The Balaban J connectivity index is 2.01. The number of nitrogens with zero attached hydrogens (tertiary/aromatic N) is 2. The second-order valence-electron chi connectivity index (χ2n) is 6.25. The summed E-state index contributed by atoms with van der Waals surface area (Å²) in [5.74, 6) is -0.264. The van der Waals surface area contributed by atoms with E-state index < -0.39 is 5.56 Å². The Kier molecular flexibility index (Phi) is 5.85. The van der Waals surface area contributed by atoms with Gasteiger partial charge in [0.25, 0.3) is 5.56 Å². The fourth-order valence-corrected chi connectivity index (χ4v) is 3.00. The van der Waals surface area contributed by atoms with Gasteiger partial charge in [0.05, 0.1) is 5.69 Å². The van der Waals surface area contributed by atoms with Crippen LogP contribution in [-0.4, -0.2) is 28.8 Å². The summed E-state index contributed by atoms with van der Waals surface area (Å²) in [6, 6.07) is 14.6. The van der Waals surface area contributed by atoms with Crippen LogP contribution in [-0.2, 0) is 0 Å².